The Bertz CT molecular complexity index is 1080. The molecule has 9 heteroatoms. The fourth-order valence-electron chi connectivity index (χ4n) is 2.97. The van der Waals surface area contributed by atoms with Crippen molar-refractivity contribution in [1.29, 1.82) is 0 Å². The molecule has 32 heavy (non-hydrogen) atoms. The highest BCUT2D eigenvalue weighted by molar-refractivity contribution is 7.99. The van der Waals surface area contributed by atoms with E-state index < -0.39 is 5.97 Å². The molecular formula is C23H26N4O4S. The lowest BCUT2D eigenvalue weighted by Gasteiger charge is -2.10. The maximum Gasteiger partial charge on any atom is 0.338 e. The van der Waals surface area contributed by atoms with Crippen LogP contribution in [0.1, 0.15) is 31.1 Å². The van der Waals surface area contributed by atoms with Gasteiger partial charge in [0.15, 0.2) is 11.0 Å². The number of nitrogens with one attached hydrogen (secondary N) is 1. The Morgan fingerprint density at radius 2 is 1.88 bits per heavy atom. The van der Waals surface area contributed by atoms with Gasteiger partial charge in [0.25, 0.3) is 0 Å². The van der Waals surface area contributed by atoms with Gasteiger partial charge in [-0.3, -0.25) is 4.79 Å². The minimum atomic E-state index is -0.424. The zero-order valence-corrected chi connectivity index (χ0v) is 19.3. The second-order valence-electron chi connectivity index (χ2n) is 7.15. The summed E-state index contributed by atoms with van der Waals surface area (Å²) in [5, 5.41) is 12.0. The number of thioether (sulfide) groups is 1. The van der Waals surface area contributed by atoms with Crippen LogP contribution in [0.3, 0.4) is 0 Å². The summed E-state index contributed by atoms with van der Waals surface area (Å²) < 4.78 is 12.4. The van der Waals surface area contributed by atoms with Crippen LogP contribution in [0.5, 0.6) is 5.75 Å². The maximum atomic E-state index is 12.5. The summed E-state index contributed by atoms with van der Waals surface area (Å²) in [7, 11) is 1.62. The molecule has 0 saturated heterocycles. The lowest BCUT2D eigenvalue weighted by atomic mass is 10.2. The van der Waals surface area contributed by atoms with Crippen LogP contribution in [0.25, 0.3) is 11.4 Å². The Morgan fingerprint density at radius 1 is 1.12 bits per heavy atom. The van der Waals surface area contributed by atoms with Gasteiger partial charge in [0.05, 0.1) is 24.5 Å². The molecule has 0 aliphatic rings. The first kappa shape index (κ1) is 23.3. The minimum absolute atomic E-state index is 0.154. The van der Waals surface area contributed by atoms with Crippen molar-refractivity contribution in [1.82, 2.24) is 14.8 Å². The van der Waals surface area contributed by atoms with Gasteiger partial charge >= 0.3 is 5.97 Å². The molecule has 0 saturated carbocycles. The molecule has 8 nitrogen and oxygen atoms in total. The average molecular weight is 455 g/mol. The van der Waals surface area contributed by atoms with Gasteiger partial charge in [0.2, 0.25) is 5.91 Å². The van der Waals surface area contributed by atoms with Crippen molar-refractivity contribution in [2.24, 2.45) is 0 Å². The summed E-state index contributed by atoms with van der Waals surface area (Å²) in [6.07, 6.45) is -0.212. The summed E-state index contributed by atoms with van der Waals surface area (Å²) >= 11 is 1.30. The molecule has 0 radical (unpaired) electrons. The van der Waals surface area contributed by atoms with Gasteiger partial charge in [-0.15, -0.1) is 10.2 Å². The Balaban J connectivity index is 1.64. The van der Waals surface area contributed by atoms with Crippen molar-refractivity contribution in [3.05, 3.63) is 54.1 Å². The van der Waals surface area contributed by atoms with Gasteiger partial charge in [-0.05, 0) is 63.2 Å². The molecule has 1 amide bonds. The molecule has 168 valence electrons. The lowest BCUT2D eigenvalue weighted by molar-refractivity contribution is -0.113. The summed E-state index contributed by atoms with van der Waals surface area (Å²) in [6.45, 7) is 6.24. The Morgan fingerprint density at radius 3 is 2.53 bits per heavy atom. The molecule has 3 aromatic rings. The van der Waals surface area contributed by atoms with Crippen LogP contribution in [-0.4, -0.2) is 45.6 Å². The third-order valence-electron chi connectivity index (χ3n) is 4.44. The number of methoxy groups -OCH3 is 1. The molecule has 0 spiro atoms. The lowest BCUT2D eigenvalue weighted by Crippen LogP contribution is -2.16. The van der Waals surface area contributed by atoms with Crippen molar-refractivity contribution in [3.63, 3.8) is 0 Å². The first-order valence-corrected chi connectivity index (χ1v) is 11.2. The Kier molecular flexibility index (Phi) is 7.88. The molecule has 0 aliphatic carbocycles. The van der Waals surface area contributed by atoms with Crippen LogP contribution < -0.4 is 10.1 Å². The second-order valence-corrected chi connectivity index (χ2v) is 8.09. The number of rotatable bonds is 9. The minimum Gasteiger partial charge on any atom is -0.497 e. The van der Waals surface area contributed by atoms with Crippen LogP contribution in [0, 0.1) is 0 Å². The number of carbonyl (C=O) groups excluding carboxylic acids is 2. The number of hydrogen-bond acceptors (Lipinski definition) is 7. The van der Waals surface area contributed by atoms with Gasteiger partial charge in [0.1, 0.15) is 5.75 Å². The van der Waals surface area contributed by atoms with Crippen LogP contribution >= 0.6 is 11.8 Å². The van der Waals surface area contributed by atoms with E-state index in [9.17, 15) is 9.59 Å². The number of benzene rings is 2. The van der Waals surface area contributed by atoms with Crippen molar-refractivity contribution in [3.8, 4) is 17.1 Å². The number of ether oxygens (including phenoxy) is 2. The molecule has 1 heterocycles. The smallest absolute Gasteiger partial charge is 0.338 e. The molecule has 0 unspecified atom stereocenters. The molecule has 0 fully saturated rings. The monoisotopic (exact) mass is 454 g/mol. The predicted octanol–water partition coefficient (Wildman–Crippen LogP) is 4.27. The summed E-state index contributed by atoms with van der Waals surface area (Å²) in [6, 6.07) is 14.3. The van der Waals surface area contributed by atoms with E-state index in [1.807, 2.05) is 35.8 Å². The van der Waals surface area contributed by atoms with Gasteiger partial charge in [-0.25, -0.2) is 4.79 Å². The number of carbonyl (C=O) groups is 2. The first-order valence-electron chi connectivity index (χ1n) is 10.2. The van der Waals surface area contributed by atoms with Crippen molar-refractivity contribution in [2.45, 2.75) is 38.6 Å². The van der Waals surface area contributed by atoms with Gasteiger partial charge in [0, 0.05) is 17.8 Å². The van der Waals surface area contributed by atoms with Gasteiger partial charge in [-0.2, -0.15) is 0 Å². The van der Waals surface area contributed by atoms with Crippen molar-refractivity contribution >= 4 is 29.3 Å². The van der Waals surface area contributed by atoms with Crippen LogP contribution in [0.15, 0.2) is 53.7 Å². The highest BCUT2D eigenvalue weighted by Crippen LogP contribution is 2.25. The third-order valence-corrected chi connectivity index (χ3v) is 5.41. The van der Waals surface area contributed by atoms with E-state index in [1.54, 1.807) is 45.2 Å². The Hall–Kier alpha value is -3.33. The number of hydrogen-bond donors (Lipinski definition) is 1. The van der Waals surface area contributed by atoms with E-state index in [4.69, 9.17) is 9.47 Å². The summed E-state index contributed by atoms with van der Waals surface area (Å²) in [4.78, 5) is 24.5. The maximum absolute atomic E-state index is 12.5. The normalized spacial score (nSPS) is 10.8. The zero-order chi connectivity index (χ0) is 23.1. The molecule has 1 aromatic heterocycles. The van der Waals surface area contributed by atoms with Crippen molar-refractivity contribution in [2.75, 3.05) is 18.2 Å². The quantitative estimate of drug-likeness (QED) is 0.381. The van der Waals surface area contributed by atoms with Crippen LogP contribution in [0.4, 0.5) is 5.69 Å². The fraction of sp³-hybridized carbons (Fsp3) is 0.304. The Labute approximate surface area is 191 Å². The van der Waals surface area contributed by atoms with Gasteiger partial charge < -0.3 is 19.4 Å². The first-order chi connectivity index (χ1) is 15.4. The number of anilines is 1. The number of aromatic nitrogens is 3. The molecule has 3 rings (SSSR count). The average Bonchev–Trinajstić information content (AvgIpc) is 3.20. The highest BCUT2D eigenvalue weighted by atomic mass is 32.2. The van der Waals surface area contributed by atoms with E-state index in [0.29, 0.717) is 23.0 Å². The predicted molar refractivity (Wildman–Crippen MR) is 124 cm³/mol. The van der Waals surface area contributed by atoms with E-state index >= 15 is 0 Å². The summed E-state index contributed by atoms with van der Waals surface area (Å²) in [5.41, 5.74) is 1.84. The largest absolute Gasteiger partial charge is 0.497 e. The molecule has 0 bridgehead atoms. The fourth-order valence-corrected chi connectivity index (χ4v) is 3.77. The number of amides is 1. The van der Waals surface area contributed by atoms with Gasteiger partial charge in [-0.1, -0.05) is 17.8 Å². The SMILES string of the molecule is CCn1c(SCC(=O)Nc2cccc(C(=O)OC(C)C)c2)nnc1-c1ccc(OC)cc1. The van der Waals surface area contributed by atoms with Crippen LogP contribution in [-0.2, 0) is 16.1 Å². The van der Waals surface area contributed by atoms with E-state index in [1.165, 1.54) is 11.8 Å². The van der Waals surface area contributed by atoms with Crippen LogP contribution in [0.2, 0.25) is 0 Å². The zero-order valence-electron chi connectivity index (χ0n) is 18.5. The third kappa shape index (κ3) is 5.88. The van der Waals surface area contributed by atoms with E-state index in [-0.39, 0.29) is 17.8 Å². The van der Waals surface area contributed by atoms with E-state index in [0.717, 1.165) is 17.1 Å². The topological polar surface area (TPSA) is 95.3 Å². The molecule has 1 N–H and O–H groups in total. The number of nitrogens with zero attached hydrogens (tertiary/aromatic N) is 3. The van der Waals surface area contributed by atoms with E-state index in [2.05, 4.69) is 15.5 Å². The second kappa shape index (κ2) is 10.8. The molecule has 2 aromatic carbocycles. The molecule has 0 atom stereocenters. The highest BCUT2D eigenvalue weighted by Gasteiger charge is 2.15. The van der Waals surface area contributed by atoms with Crippen molar-refractivity contribution < 1.29 is 19.1 Å². The molecular weight excluding hydrogens is 428 g/mol. The standard InChI is InChI=1S/C23H26N4O4S/c1-5-27-21(16-9-11-19(30-4)12-10-16)25-26-23(27)32-14-20(28)24-18-8-6-7-17(13-18)22(29)31-15(2)3/h6-13,15H,5,14H2,1-4H3,(H,24,28). The summed E-state index contributed by atoms with van der Waals surface area (Å²) in [5.74, 6) is 1.02. The molecule has 0 aliphatic heterocycles. The number of esters is 1.